The lowest BCUT2D eigenvalue weighted by atomic mass is 9.72. The second-order valence-corrected chi connectivity index (χ2v) is 11.3. The minimum atomic E-state index is -1.49. The van der Waals surface area contributed by atoms with Crippen LogP contribution in [0.15, 0.2) is 47.7 Å². The van der Waals surface area contributed by atoms with Crippen LogP contribution in [0.5, 0.6) is 0 Å². The minimum Gasteiger partial charge on any atom is -0.458 e. The fourth-order valence-corrected chi connectivity index (χ4v) is 7.46. The number of ether oxygens (including phenoxy) is 2. The molecule has 39 heavy (non-hydrogen) atoms. The van der Waals surface area contributed by atoms with Crippen molar-refractivity contribution in [3.05, 3.63) is 53.3 Å². The van der Waals surface area contributed by atoms with Gasteiger partial charge in [-0.25, -0.2) is 4.79 Å². The first-order chi connectivity index (χ1) is 18.7. The van der Waals surface area contributed by atoms with Gasteiger partial charge in [-0.05, 0) is 36.5 Å². The van der Waals surface area contributed by atoms with E-state index in [0.717, 1.165) is 5.56 Å². The summed E-state index contributed by atoms with van der Waals surface area (Å²) in [4.78, 5) is 45.5. The van der Waals surface area contributed by atoms with Gasteiger partial charge in [0.15, 0.2) is 5.78 Å². The first kappa shape index (κ1) is 26.2. The molecular weight excluding hydrogens is 504 g/mol. The van der Waals surface area contributed by atoms with Crippen LogP contribution in [0.25, 0.3) is 0 Å². The number of aliphatic hydroxyl groups is 2. The Kier molecular flexibility index (Phi) is 6.22. The first-order valence-electron chi connectivity index (χ1n) is 13.6. The topological polar surface area (TPSA) is 135 Å². The third kappa shape index (κ3) is 3.51. The number of fused-ring (bicyclic) bond motifs is 4. The van der Waals surface area contributed by atoms with Crippen molar-refractivity contribution >= 4 is 23.3 Å². The van der Waals surface area contributed by atoms with Gasteiger partial charge in [-0.1, -0.05) is 32.0 Å². The van der Waals surface area contributed by atoms with Crippen molar-refractivity contribution in [2.24, 2.45) is 17.8 Å². The number of Topliss-reactive ketones (excluding diaryl/α,β-unsaturated/α-hetero) is 1. The average Bonchev–Trinajstić information content (AvgIpc) is 3.38. The number of nitrogens with zero attached hydrogens (tertiary/aromatic N) is 1. The molecule has 2 bridgehead atoms. The van der Waals surface area contributed by atoms with Crippen LogP contribution in [-0.2, 0) is 34.1 Å². The van der Waals surface area contributed by atoms with Crippen LogP contribution in [0.3, 0.4) is 0 Å². The van der Waals surface area contributed by atoms with E-state index in [4.69, 9.17) is 14.3 Å². The highest BCUT2D eigenvalue weighted by atomic mass is 16.7. The molecule has 8 atom stereocenters. The number of rotatable bonds is 6. The van der Waals surface area contributed by atoms with Crippen molar-refractivity contribution in [3.63, 3.8) is 0 Å². The number of benzene rings is 1. The van der Waals surface area contributed by atoms with Crippen LogP contribution in [0.4, 0.5) is 5.69 Å². The number of carbonyl (C=O) groups is 3. The van der Waals surface area contributed by atoms with Crippen molar-refractivity contribution < 1.29 is 38.9 Å². The van der Waals surface area contributed by atoms with Crippen LogP contribution in [0.1, 0.15) is 38.7 Å². The van der Waals surface area contributed by atoms with Crippen LogP contribution in [0.2, 0.25) is 0 Å². The fraction of sp³-hybridized carbons (Fsp3) is 0.552. The van der Waals surface area contributed by atoms with Crippen LogP contribution in [0, 0.1) is 17.8 Å². The fourth-order valence-electron chi connectivity index (χ4n) is 7.46. The molecular formula is C29H34N2O8. The Labute approximate surface area is 226 Å². The molecule has 0 aromatic heterocycles. The second-order valence-electron chi connectivity index (χ2n) is 11.3. The number of para-hydroxylation sites is 1. The van der Waals surface area contributed by atoms with Gasteiger partial charge < -0.3 is 25.0 Å². The number of carbonyl (C=O) groups excluding carboxylic acids is 3. The normalized spacial score (nSPS) is 39.6. The molecule has 1 aromatic rings. The SMILES string of the molecule is CCC(=O)C1=C[C@H]2OC[C@@H]1[C@@H](N/C=C1\C(=O)O[C@H]3C[C@H](C)[C@@](O)(CO)[C@@H]13)C[C@@]21C(=O)N(OC)c2ccccc21. The molecule has 0 unspecified atom stereocenters. The lowest BCUT2D eigenvalue weighted by molar-refractivity contribution is -0.139. The Morgan fingerprint density at radius 2 is 2.08 bits per heavy atom. The average molecular weight is 539 g/mol. The standard InChI is InChI=1S/C29H34N2O8/c1-4-22(33)16-10-24-28(19-7-5-6-8-21(19)31(37-3)27(28)35)11-20(18(16)13-38-24)30-12-17-25-23(39-26(17)34)9-15(2)29(25,36)14-32/h5-8,10,12,15,18,20,23-25,30,32,36H,4,9,11,13-14H2,1-3H3/b17-12-/t15-,18-,20-,23-,24+,25-,28-,29-/m0/s1. The zero-order valence-corrected chi connectivity index (χ0v) is 22.3. The summed E-state index contributed by atoms with van der Waals surface area (Å²) >= 11 is 0. The van der Waals surface area contributed by atoms with Gasteiger partial charge in [-0.15, -0.1) is 0 Å². The van der Waals surface area contributed by atoms with Gasteiger partial charge >= 0.3 is 5.97 Å². The van der Waals surface area contributed by atoms with Crippen molar-refractivity contribution in [1.29, 1.82) is 0 Å². The van der Waals surface area contributed by atoms with Crippen molar-refractivity contribution in [2.45, 2.75) is 62.4 Å². The van der Waals surface area contributed by atoms with E-state index < -0.39 is 47.8 Å². The predicted molar refractivity (Wildman–Crippen MR) is 138 cm³/mol. The molecule has 10 heteroatoms. The Morgan fingerprint density at radius 3 is 2.79 bits per heavy atom. The van der Waals surface area contributed by atoms with Crippen molar-refractivity contribution in [1.82, 2.24) is 5.32 Å². The molecule has 1 aromatic carbocycles. The first-order valence-corrected chi connectivity index (χ1v) is 13.6. The maximum absolute atomic E-state index is 14.1. The maximum atomic E-state index is 14.1. The maximum Gasteiger partial charge on any atom is 0.336 e. The lowest BCUT2D eigenvalue weighted by Crippen LogP contribution is -2.50. The molecule has 3 N–H and O–H groups in total. The summed E-state index contributed by atoms with van der Waals surface area (Å²) in [7, 11) is 1.44. The van der Waals surface area contributed by atoms with Crippen LogP contribution < -0.4 is 10.4 Å². The number of ketones is 1. The van der Waals surface area contributed by atoms with E-state index in [1.165, 1.54) is 12.2 Å². The Hall–Kier alpha value is -3.05. The largest absolute Gasteiger partial charge is 0.458 e. The molecule has 0 radical (unpaired) electrons. The van der Waals surface area contributed by atoms with Crippen LogP contribution in [-0.4, -0.2) is 72.0 Å². The van der Waals surface area contributed by atoms with Gasteiger partial charge in [-0.2, -0.15) is 5.06 Å². The number of aliphatic hydroxyl groups excluding tert-OH is 1. The van der Waals surface area contributed by atoms with E-state index >= 15 is 0 Å². The number of nitrogens with one attached hydrogen (secondary N) is 1. The molecule has 4 aliphatic heterocycles. The minimum absolute atomic E-state index is 0.0215. The third-order valence-electron chi connectivity index (χ3n) is 9.58. The Morgan fingerprint density at radius 1 is 1.31 bits per heavy atom. The second kappa shape index (κ2) is 9.26. The molecule has 2 saturated heterocycles. The molecule has 208 valence electrons. The quantitative estimate of drug-likeness (QED) is 0.362. The van der Waals surface area contributed by atoms with E-state index in [0.29, 0.717) is 24.1 Å². The number of hydrogen-bond donors (Lipinski definition) is 3. The number of amides is 1. The summed E-state index contributed by atoms with van der Waals surface area (Å²) < 4.78 is 11.9. The summed E-state index contributed by atoms with van der Waals surface area (Å²) in [5, 5.41) is 25.9. The van der Waals surface area contributed by atoms with Gasteiger partial charge in [0, 0.05) is 30.2 Å². The van der Waals surface area contributed by atoms with Gasteiger partial charge in [0.2, 0.25) is 0 Å². The highest BCUT2D eigenvalue weighted by Crippen LogP contribution is 2.53. The molecule has 1 saturated carbocycles. The van der Waals surface area contributed by atoms with Gasteiger partial charge in [-0.3, -0.25) is 14.4 Å². The Balaban J connectivity index is 1.43. The summed E-state index contributed by atoms with van der Waals surface area (Å²) in [6.45, 7) is 3.36. The molecule has 2 aliphatic carbocycles. The molecule has 1 spiro atoms. The highest BCUT2D eigenvalue weighted by molar-refractivity contribution is 6.08. The zero-order valence-electron chi connectivity index (χ0n) is 22.3. The number of esters is 1. The van der Waals surface area contributed by atoms with Gasteiger partial charge in [0.1, 0.15) is 17.1 Å². The van der Waals surface area contributed by atoms with Crippen LogP contribution >= 0.6 is 0 Å². The van der Waals surface area contributed by atoms with Gasteiger partial charge in [0.25, 0.3) is 5.91 Å². The summed E-state index contributed by atoms with van der Waals surface area (Å²) in [6.07, 6.45) is 3.19. The third-order valence-corrected chi connectivity index (χ3v) is 9.58. The monoisotopic (exact) mass is 538 g/mol. The predicted octanol–water partition coefficient (Wildman–Crippen LogP) is 1.30. The molecule has 6 aliphatic rings. The van der Waals surface area contributed by atoms with E-state index in [9.17, 15) is 24.6 Å². The summed E-state index contributed by atoms with van der Waals surface area (Å²) in [5.74, 6) is -2.16. The molecule has 7 rings (SSSR count). The molecule has 4 heterocycles. The van der Waals surface area contributed by atoms with E-state index in [1.54, 1.807) is 19.2 Å². The Bertz CT molecular complexity index is 1290. The molecule has 1 amide bonds. The zero-order chi connectivity index (χ0) is 27.7. The van der Waals surface area contributed by atoms with E-state index in [2.05, 4.69) is 5.32 Å². The molecule has 3 fully saturated rings. The summed E-state index contributed by atoms with van der Waals surface area (Å²) in [5.41, 5.74) is -0.403. The smallest absolute Gasteiger partial charge is 0.336 e. The van der Waals surface area contributed by atoms with Crippen molar-refractivity contribution in [2.75, 3.05) is 25.4 Å². The molecule has 10 nitrogen and oxygen atoms in total. The summed E-state index contributed by atoms with van der Waals surface area (Å²) in [6, 6.07) is 6.94. The highest BCUT2D eigenvalue weighted by Gasteiger charge is 2.62. The van der Waals surface area contributed by atoms with Crippen molar-refractivity contribution in [3.8, 4) is 0 Å². The lowest BCUT2D eigenvalue weighted by Gasteiger charge is -2.34. The van der Waals surface area contributed by atoms with E-state index in [-0.39, 0.29) is 42.1 Å². The van der Waals surface area contributed by atoms with E-state index in [1.807, 2.05) is 31.2 Å². The number of hydroxylamine groups is 1. The number of hydrogen-bond acceptors (Lipinski definition) is 9. The van der Waals surface area contributed by atoms with Gasteiger partial charge in [0.05, 0.1) is 43.6 Å². The number of anilines is 1.